The third-order valence-corrected chi connectivity index (χ3v) is 5.50. The molecule has 1 aliphatic carbocycles. The Morgan fingerprint density at radius 2 is 1.63 bits per heavy atom. The van der Waals surface area contributed by atoms with Crippen molar-refractivity contribution in [2.75, 3.05) is 0 Å². The highest BCUT2D eigenvalue weighted by Gasteiger charge is 2.27. The van der Waals surface area contributed by atoms with Gasteiger partial charge in [0.05, 0.1) is 13.1 Å². The maximum Gasteiger partial charge on any atom is 0.314 e. The van der Waals surface area contributed by atoms with Gasteiger partial charge in [0, 0.05) is 9.61 Å². The van der Waals surface area contributed by atoms with Crippen LogP contribution >= 0.6 is 67.8 Å². The fraction of sp³-hybridized carbons (Fsp3) is 0.462. The van der Waals surface area contributed by atoms with E-state index < -0.39 is 0 Å². The molecule has 3 nitrogen and oxygen atoms in total. The van der Waals surface area contributed by atoms with Crippen molar-refractivity contribution in [1.82, 2.24) is 0 Å². The van der Waals surface area contributed by atoms with Crippen molar-refractivity contribution in [2.45, 2.75) is 31.7 Å². The molecular weight excluding hydrogens is 583 g/mol. The summed E-state index contributed by atoms with van der Waals surface area (Å²) in [4.78, 5) is 12.2. The summed E-state index contributed by atoms with van der Waals surface area (Å²) in [6, 6.07) is 4.29. The average Bonchev–Trinajstić information content (AvgIpc) is 2.34. The molecule has 1 aliphatic rings. The number of hydrogen-bond donors (Lipinski definition) is 1. The maximum absolute atomic E-state index is 12.2. The van der Waals surface area contributed by atoms with Gasteiger partial charge in [0.1, 0.15) is 0 Å². The van der Waals surface area contributed by atoms with E-state index in [9.17, 15) is 4.79 Å². The van der Waals surface area contributed by atoms with E-state index in [1.807, 2.05) is 12.1 Å². The van der Waals surface area contributed by atoms with E-state index in [-0.39, 0.29) is 17.9 Å². The van der Waals surface area contributed by atoms with E-state index in [2.05, 4.69) is 67.8 Å². The Kier molecular flexibility index (Phi) is 6.15. The molecule has 0 saturated heterocycles. The number of halogens is 3. The molecular formula is C13H14I3NO2. The van der Waals surface area contributed by atoms with Gasteiger partial charge in [-0.2, -0.15) is 0 Å². The van der Waals surface area contributed by atoms with E-state index in [0.717, 1.165) is 36.4 Å². The largest absolute Gasteiger partial charge is 0.424 e. The number of carbonyl (C=O) groups excluding carboxylic acids is 1. The molecule has 0 aromatic heterocycles. The van der Waals surface area contributed by atoms with Crippen molar-refractivity contribution in [3.05, 3.63) is 22.8 Å². The lowest BCUT2D eigenvalue weighted by atomic mass is 9.86. The predicted octanol–water partition coefficient (Wildman–Crippen LogP) is 3.92. The van der Waals surface area contributed by atoms with Gasteiger partial charge < -0.3 is 10.5 Å². The molecule has 0 heterocycles. The van der Waals surface area contributed by atoms with Crippen LogP contribution in [0.2, 0.25) is 0 Å². The molecule has 1 aromatic carbocycles. The molecule has 1 saturated carbocycles. The Hall–Kier alpha value is 0.840. The zero-order valence-electron chi connectivity index (χ0n) is 10.2. The van der Waals surface area contributed by atoms with E-state index in [1.165, 1.54) is 0 Å². The monoisotopic (exact) mass is 597 g/mol. The summed E-state index contributed by atoms with van der Waals surface area (Å²) >= 11 is 6.69. The van der Waals surface area contributed by atoms with Crippen LogP contribution in [0.4, 0.5) is 0 Å². The normalized spacial score (nSPS) is 23.2. The Bertz CT molecular complexity index is 462. The number of esters is 1. The first kappa shape index (κ1) is 16.2. The van der Waals surface area contributed by atoms with Crippen molar-refractivity contribution in [3.8, 4) is 5.75 Å². The van der Waals surface area contributed by atoms with Crippen LogP contribution in [0.1, 0.15) is 25.7 Å². The summed E-state index contributed by atoms with van der Waals surface area (Å²) in [6.45, 7) is 0. The number of nitrogens with two attached hydrogens (primary N) is 1. The summed E-state index contributed by atoms with van der Waals surface area (Å²) in [7, 11) is 0. The Morgan fingerprint density at radius 1 is 1.11 bits per heavy atom. The van der Waals surface area contributed by atoms with Crippen molar-refractivity contribution in [2.24, 2.45) is 11.7 Å². The molecule has 104 valence electrons. The van der Waals surface area contributed by atoms with Gasteiger partial charge in [-0.05, 0) is 106 Å². The second-order valence-corrected chi connectivity index (χ2v) is 8.30. The fourth-order valence-electron chi connectivity index (χ4n) is 2.17. The van der Waals surface area contributed by atoms with Gasteiger partial charge in [-0.3, -0.25) is 4.79 Å². The summed E-state index contributed by atoms with van der Waals surface area (Å²) < 4.78 is 8.72. The van der Waals surface area contributed by atoms with Crippen LogP contribution in [0.25, 0.3) is 0 Å². The molecule has 6 heteroatoms. The molecule has 1 fully saturated rings. The number of hydrogen-bond acceptors (Lipinski definition) is 3. The van der Waals surface area contributed by atoms with Gasteiger partial charge in [-0.15, -0.1) is 0 Å². The van der Waals surface area contributed by atoms with Gasteiger partial charge in [0.25, 0.3) is 0 Å². The summed E-state index contributed by atoms with van der Waals surface area (Å²) in [5.74, 6) is 0.594. The third-order valence-electron chi connectivity index (χ3n) is 3.27. The van der Waals surface area contributed by atoms with Crippen LogP contribution in [0.3, 0.4) is 0 Å². The van der Waals surface area contributed by atoms with Gasteiger partial charge >= 0.3 is 5.97 Å². The minimum atomic E-state index is -0.107. The minimum absolute atomic E-state index is 0.00526. The van der Waals surface area contributed by atoms with Gasteiger partial charge in [0.2, 0.25) is 0 Å². The van der Waals surface area contributed by atoms with Crippen LogP contribution in [0, 0.1) is 16.6 Å². The Balaban J connectivity index is 2.07. The SMILES string of the molecule is NC1CCC(C(=O)Oc2c(I)cc(I)cc2I)CC1. The van der Waals surface area contributed by atoms with Gasteiger partial charge in [-0.25, -0.2) is 0 Å². The number of benzene rings is 1. The highest BCUT2D eigenvalue weighted by atomic mass is 127. The quantitative estimate of drug-likeness (QED) is 0.320. The highest BCUT2D eigenvalue weighted by molar-refractivity contribution is 14.1. The molecule has 19 heavy (non-hydrogen) atoms. The maximum atomic E-state index is 12.2. The Morgan fingerprint density at radius 3 is 2.16 bits per heavy atom. The first-order valence-electron chi connectivity index (χ1n) is 6.09. The Labute approximate surface area is 153 Å². The lowest BCUT2D eigenvalue weighted by Gasteiger charge is -2.24. The van der Waals surface area contributed by atoms with E-state index in [1.54, 1.807) is 0 Å². The molecule has 1 aromatic rings. The molecule has 0 atom stereocenters. The molecule has 0 spiro atoms. The summed E-state index contributed by atoms with van der Waals surface area (Å²) in [5, 5.41) is 0. The van der Waals surface area contributed by atoms with Crippen LogP contribution < -0.4 is 10.5 Å². The van der Waals surface area contributed by atoms with Crippen molar-refractivity contribution < 1.29 is 9.53 Å². The molecule has 0 radical (unpaired) electrons. The standard InChI is InChI=1S/C13H14I3NO2/c14-8-5-10(15)12(11(16)6-8)19-13(18)7-1-3-9(17)4-2-7/h5-7,9H,1-4,17H2. The molecule has 2 N–H and O–H groups in total. The molecule has 2 rings (SSSR count). The number of ether oxygens (including phenoxy) is 1. The third kappa shape index (κ3) is 4.40. The number of carbonyl (C=O) groups is 1. The lowest BCUT2D eigenvalue weighted by Crippen LogP contribution is -2.31. The first-order valence-corrected chi connectivity index (χ1v) is 9.33. The molecule has 0 aliphatic heterocycles. The van der Waals surface area contributed by atoms with E-state index in [0.29, 0.717) is 5.75 Å². The van der Waals surface area contributed by atoms with Crippen molar-refractivity contribution in [3.63, 3.8) is 0 Å². The van der Waals surface area contributed by atoms with Crippen LogP contribution in [-0.2, 0) is 4.79 Å². The fourth-order valence-corrected chi connectivity index (χ4v) is 5.97. The summed E-state index contributed by atoms with van der Waals surface area (Å²) in [5.41, 5.74) is 5.86. The lowest BCUT2D eigenvalue weighted by molar-refractivity contribution is -0.140. The van der Waals surface area contributed by atoms with Crippen LogP contribution in [0.15, 0.2) is 12.1 Å². The van der Waals surface area contributed by atoms with Gasteiger partial charge in [0.15, 0.2) is 5.75 Å². The zero-order valence-corrected chi connectivity index (χ0v) is 16.6. The van der Waals surface area contributed by atoms with Crippen molar-refractivity contribution >= 4 is 73.7 Å². The second kappa shape index (κ2) is 7.21. The second-order valence-electron chi connectivity index (χ2n) is 4.73. The minimum Gasteiger partial charge on any atom is -0.424 e. The molecule has 0 bridgehead atoms. The molecule has 0 amide bonds. The first-order chi connectivity index (χ1) is 8.97. The highest BCUT2D eigenvalue weighted by Crippen LogP contribution is 2.32. The predicted molar refractivity (Wildman–Crippen MR) is 100 cm³/mol. The smallest absolute Gasteiger partial charge is 0.314 e. The average molecular weight is 597 g/mol. The van der Waals surface area contributed by atoms with E-state index >= 15 is 0 Å². The van der Waals surface area contributed by atoms with E-state index in [4.69, 9.17) is 10.5 Å². The van der Waals surface area contributed by atoms with Gasteiger partial charge in [-0.1, -0.05) is 0 Å². The summed E-state index contributed by atoms with van der Waals surface area (Å²) in [6.07, 6.45) is 3.52. The van der Waals surface area contributed by atoms with Crippen molar-refractivity contribution in [1.29, 1.82) is 0 Å². The van der Waals surface area contributed by atoms with Crippen LogP contribution in [0.5, 0.6) is 5.75 Å². The zero-order chi connectivity index (χ0) is 14.0. The topological polar surface area (TPSA) is 52.3 Å². The number of rotatable bonds is 2. The van der Waals surface area contributed by atoms with Crippen LogP contribution in [-0.4, -0.2) is 12.0 Å². The molecule has 0 unspecified atom stereocenters.